The van der Waals surface area contributed by atoms with Crippen molar-refractivity contribution in [2.75, 3.05) is 4.90 Å². The summed E-state index contributed by atoms with van der Waals surface area (Å²) >= 11 is 5.84. The number of fused-ring (bicyclic) bond motifs is 5. The van der Waals surface area contributed by atoms with Gasteiger partial charge in [0.2, 0.25) is 0 Å². The van der Waals surface area contributed by atoms with E-state index in [1.165, 1.54) is 52.8 Å². The Hall–Kier alpha value is -4.44. The first-order chi connectivity index (χ1) is 20.2. The van der Waals surface area contributed by atoms with Crippen molar-refractivity contribution in [3.63, 3.8) is 0 Å². The van der Waals surface area contributed by atoms with Crippen LogP contribution in [0, 0.1) is 0 Å². The summed E-state index contributed by atoms with van der Waals surface area (Å²) in [6, 6.07) is 52.6. The van der Waals surface area contributed by atoms with Gasteiger partial charge in [0.25, 0.3) is 0 Å². The largest absolute Gasteiger partial charge is 0.310 e. The van der Waals surface area contributed by atoms with Crippen LogP contribution in [0.2, 0.25) is 0 Å². The van der Waals surface area contributed by atoms with E-state index in [2.05, 4.69) is 166 Å². The maximum Gasteiger partial charge on any atom is 0.0499 e. The van der Waals surface area contributed by atoms with E-state index in [0.29, 0.717) is 0 Å². The summed E-state index contributed by atoms with van der Waals surface area (Å²) in [7, 11) is 0. The Kier molecular flexibility index (Phi) is 5.87. The molecule has 0 fully saturated rings. The molecule has 7 aromatic carbocycles. The Bertz CT molecular complexity index is 2150. The summed E-state index contributed by atoms with van der Waals surface area (Å²) in [4.78, 5) is 2.38. The standard InChI is InChI=1S/C38H24BrNS/c39-36-24-32(23-35-34-16-8-15-33(37(34)41-38(35)36)27-11-2-1-3-12-27)40(30-19-17-25-9-4-6-13-28(25)21-30)31-20-18-26-10-5-7-14-29(26)22-31/h1-24H. The zero-order chi connectivity index (χ0) is 27.3. The summed E-state index contributed by atoms with van der Waals surface area (Å²) in [5.41, 5.74) is 5.91. The minimum Gasteiger partial charge on any atom is -0.310 e. The van der Waals surface area contributed by atoms with E-state index in [0.717, 1.165) is 21.5 Å². The van der Waals surface area contributed by atoms with Crippen LogP contribution in [0.5, 0.6) is 0 Å². The highest BCUT2D eigenvalue weighted by Gasteiger charge is 2.19. The van der Waals surface area contributed by atoms with E-state index in [9.17, 15) is 0 Å². The fraction of sp³-hybridized carbons (Fsp3) is 0. The van der Waals surface area contributed by atoms with Crippen molar-refractivity contribution in [1.29, 1.82) is 0 Å². The monoisotopic (exact) mass is 605 g/mol. The molecule has 194 valence electrons. The Morgan fingerprint density at radius 3 is 1.71 bits per heavy atom. The molecule has 8 aromatic rings. The van der Waals surface area contributed by atoms with Gasteiger partial charge in [0, 0.05) is 41.7 Å². The van der Waals surface area contributed by atoms with Crippen LogP contribution in [0.3, 0.4) is 0 Å². The lowest BCUT2D eigenvalue weighted by Crippen LogP contribution is -2.10. The predicted molar refractivity (Wildman–Crippen MR) is 182 cm³/mol. The van der Waals surface area contributed by atoms with Crippen LogP contribution in [0.25, 0.3) is 52.8 Å². The fourth-order valence-corrected chi connectivity index (χ4v) is 7.81. The Labute approximate surface area is 251 Å². The number of hydrogen-bond donors (Lipinski definition) is 0. The van der Waals surface area contributed by atoms with E-state index in [1.807, 2.05) is 11.3 Å². The molecule has 0 amide bonds. The van der Waals surface area contributed by atoms with E-state index in [1.54, 1.807) is 0 Å². The molecule has 1 aromatic heterocycles. The van der Waals surface area contributed by atoms with Crippen molar-refractivity contribution in [1.82, 2.24) is 0 Å². The van der Waals surface area contributed by atoms with Gasteiger partial charge in [-0.3, -0.25) is 0 Å². The van der Waals surface area contributed by atoms with Gasteiger partial charge in [0.05, 0.1) is 0 Å². The molecule has 0 saturated carbocycles. The van der Waals surface area contributed by atoms with Crippen molar-refractivity contribution >= 4 is 86.0 Å². The molecule has 0 unspecified atom stereocenters. The van der Waals surface area contributed by atoms with Crippen LogP contribution in [0.1, 0.15) is 0 Å². The van der Waals surface area contributed by atoms with Gasteiger partial charge in [-0.2, -0.15) is 0 Å². The fourth-order valence-electron chi connectivity index (χ4n) is 5.90. The highest BCUT2D eigenvalue weighted by molar-refractivity contribution is 9.10. The molecule has 1 nitrogen and oxygen atoms in total. The Balaban J connectivity index is 1.38. The number of hydrogen-bond acceptors (Lipinski definition) is 2. The lowest BCUT2D eigenvalue weighted by molar-refractivity contribution is 1.30. The zero-order valence-corrected chi connectivity index (χ0v) is 24.5. The van der Waals surface area contributed by atoms with Crippen molar-refractivity contribution in [3.8, 4) is 11.1 Å². The maximum absolute atomic E-state index is 3.98. The minimum atomic E-state index is 1.11. The average Bonchev–Trinajstić information content (AvgIpc) is 3.41. The van der Waals surface area contributed by atoms with Crippen LogP contribution < -0.4 is 4.90 Å². The van der Waals surface area contributed by atoms with Gasteiger partial charge in [-0.15, -0.1) is 11.3 Å². The van der Waals surface area contributed by atoms with Gasteiger partial charge in [0.15, 0.2) is 0 Å². The molecule has 0 spiro atoms. The summed E-state index contributed by atoms with van der Waals surface area (Å²) in [6.07, 6.45) is 0. The molecule has 0 aliphatic carbocycles. The van der Waals surface area contributed by atoms with Crippen molar-refractivity contribution in [2.24, 2.45) is 0 Å². The molecule has 0 N–H and O–H groups in total. The van der Waals surface area contributed by atoms with Gasteiger partial charge in [-0.25, -0.2) is 0 Å². The molecule has 0 aliphatic rings. The highest BCUT2D eigenvalue weighted by Crippen LogP contribution is 2.46. The lowest BCUT2D eigenvalue weighted by Gasteiger charge is -2.26. The Morgan fingerprint density at radius 2 is 1.05 bits per heavy atom. The van der Waals surface area contributed by atoms with Crippen LogP contribution in [-0.2, 0) is 0 Å². The number of halogens is 1. The number of rotatable bonds is 4. The molecule has 3 heteroatoms. The second-order valence-electron chi connectivity index (χ2n) is 10.4. The molecule has 0 aliphatic heterocycles. The average molecular weight is 607 g/mol. The van der Waals surface area contributed by atoms with Gasteiger partial charge in [0.1, 0.15) is 0 Å². The molecule has 0 atom stereocenters. The number of anilines is 3. The molecule has 8 rings (SSSR count). The number of thiophene rings is 1. The molecular formula is C38H24BrNS. The van der Waals surface area contributed by atoms with Gasteiger partial charge in [-0.05, 0) is 85.0 Å². The van der Waals surface area contributed by atoms with Crippen LogP contribution in [-0.4, -0.2) is 0 Å². The first-order valence-corrected chi connectivity index (χ1v) is 15.3. The molecule has 0 radical (unpaired) electrons. The first kappa shape index (κ1) is 24.4. The maximum atomic E-state index is 3.98. The highest BCUT2D eigenvalue weighted by atomic mass is 79.9. The summed E-state index contributed by atoms with van der Waals surface area (Å²) < 4.78 is 3.69. The number of nitrogens with zero attached hydrogens (tertiary/aromatic N) is 1. The summed E-state index contributed by atoms with van der Waals surface area (Å²) in [6.45, 7) is 0. The second-order valence-corrected chi connectivity index (χ2v) is 12.2. The second kappa shape index (κ2) is 9.88. The molecule has 41 heavy (non-hydrogen) atoms. The quantitative estimate of drug-likeness (QED) is 0.193. The van der Waals surface area contributed by atoms with E-state index < -0.39 is 0 Å². The summed E-state index contributed by atoms with van der Waals surface area (Å²) in [5.74, 6) is 0. The lowest BCUT2D eigenvalue weighted by atomic mass is 10.0. The van der Waals surface area contributed by atoms with Gasteiger partial charge < -0.3 is 4.90 Å². The SMILES string of the molecule is Brc1cc(N(c2ccc3ccccc3c2)c2ccc3ccccc3c2)cc2c1sc1c(-c3ccccc3)cccc12. The third kappa shape index (κ3) is 4.21. The third-order valence-corrected chi connectivity index (χ3v) is 10.0. The predicted octanol–water partition coefficient (Wildman–Crippen LogP) is 12.3. The van der Waals surface area contributed by atoms with Crippen molar-refractivity contribution in [2.45, 2.75) is 0 Å². The van der Waals surface area contributed by atoms with Gasteiger partial charge >= 0.3 is 0 Å². The zero-order valence-electron chi connectivity index (χ0n) is 22.1. The summed E-state index contributed by atoms with van der Waals surface area (Å²) in [5, 5.41) is 7.48. The topological polar surface area (TPSA) is 3.24 Å². The molecule has 0 bridgehead atoms. The molecular weight excluding hydrogens is 582 g/mol. The van der Waals surface area contributed by atoms with Crippen LogP contribution >= 0.6 is 27.3 Å². The van der Waals surface area contributed by atoms with E-state index in [-0.39, 0.29) is 0 Å². The van der Waals surface area contributed by atoms with E-state index >= 15 is 0 Å². The normalized spacial score (nSPS) is 11.5. The first-order valence-electron chi connectivity index (χ1n) is 13.7. The van der Waals surface area contributed by atoms with Gasteiger partial charge in [-0.1, -0.05) is 109 Å². The Morgan fingerprint density at radius 1 is 0.439 bits per heavy atom. The molecule has 1 heterocycles. The minimum absolute atomic E-state index is 1.11. The third-order valence-electron chi connectivity index (χ3n) is 7.86. The van der Waals surface area contributed by atoms with Crippen molar-refractivity contribution in [3.05, 3.63) is 150 Å². The van der Waals surface area contributed by atoms with Crippen molar-refractivity contribution < 1.29 is 0 Å². The number of benzene rings is 7. The molecule has 0 saturated heterocycles. The van der Waals surface area contributed by atoms with Crippen LogP contribution in [0.15, 0.2) is 150 Å². The van der Waals surface area contributed by atoms with E-state index in [4.69, 9.17) is 0 Å². The van der Waals surface area contributed by atoms with Crippen LogP contribution in [0.4, 0.5) is 17.1 Å². The smallest absolute Gasteiger partial charge is 0.0499 e.